The molecule has 0 saturated carbocycles. The lowest BCUT2D eigenvalue weighted by molar-refractivity contribution is 0.410. The first-order valence-electron chi connectivity index (χ1n) is 5.13. The van der Waals surface area contributed by atoms with Crippen molar-refractivity contribution in [2.24, 2.45) is 0 Å². The summed E-state index contributed by atoms with van der Waals surface area (Å²) in [4.78, 5) is 0. The van der Waals surface area contributed by atoms with Crippen LogP contribution in [-0.2, 0) is 6.42 Å². The summed E-state index contributed by atoms with van der Waals surface area (Å²) < 4.78 is 5.12. The number of hydrogen-bond acceptors (Lipinski definition) is 3. The fourth-order valence-electron chi connectivity index (χ4n) is 1.47. The minimum atomic E-state index is 0.208. The molecule has 0 radical (unpaired) electrons. The van der Waals surface area contributed by atoms with Crippen LogP contribution in [0.25, 0.3) is 0 Å². The van der Waals surface area contributed by atoms with Crippen LogP contribution in [0.4, 0.5) is 0 Å². The first-order valence-corrected chi connectivity index (χ1v) is 5.13. The summed E-state index contributed by atoms with van der Waals surface area (Å²) in [5, 5.41) is 17.0. The van der Waals surface area contributed by atoms with Crippen molar-refractivity contribution in [2.75, 3.05) is 7.11 Å². The Morgan fingerprint density at radius 1 is 1.47 bits per heavy atom. The Morgan fingerprint density at radius 3 is 2.73 bits per heavy atom. The van der Waals surface area contributed by atoms with Gasteiger partial charge in [-0.15, -0.1) is 0 Å². The summed E-state index contributed by atoms with van der Waals surface area (Å²) >= 11 is 0. The summed E-state index contributed by atoms with van der Waals surface area (Å²) in [6, 6.07) is 3.50. The highest BCUT2D eigenvalue weighted by Crippen LogP contribution is 2.28. The van der Waals surface area contributed by atoms with Crippen LogP contribution < -0.4 is 4.74 Å². The smallest absolute Gasteiger partial charge is 0.127 e. The topological polar surface area (TPSA) is 53.3 Å². The number of benzene rings is 1. The molecule has 0 spiro atoms. The minimum Gasteiger partial charge on any atom is -0.507 e. The van der Waals surface area contributed by atoms with E-state index in [2.05, 4.69) is 6.92 Å². The van der Waals surface area contributed by atoms with Crippen LogP contribution >= 0.6 is 0 Å². The highest BCUT2D eigenvalue weighted by atomic mass is 16.5. The second-order valence-electron chi connectivity index (χ2n) is 3.47. The molecule has 82 valence electrons. The highest BCUT2D eigenvalue weighted by molar-refractivity contribution is 5.82. The molecule has 0 aliphatic rings. The summed E-state index contributed by atoms with van der Waals surface area (Å²) in [5.41, 5.74) is 1.37. The number of ether oxygens (including phenoxy) is 1. The van der Waals surface area contributed by atoms with E-state index >= 15 is 0 Å². The van der Waals surface area contributed by atoms with Crippen LogP contribution in [0.2, 0.25) is 0 Å². The van der Waals surface area contributed by atoms with Gasteiger partial charge in [0.05, 0.1) is 7.11 Å². The number of nitrogens with one attached hydrogen (secondary N) is 1. The van der Waals surface area contributed by atoms with Gasteiger partial charge in [-0.1, -0.05) is 13.3 Å². The normalized spacial score (nSPS) is 10.0. The maximum absolute atomic E-state index is 9.83. The minimum absolute atomic E-state index is 0.208. The molecule has 0 aromatic heterocycles. The van der Waals surface area contributed by atoms with Gasteiger partial charge < -0.3 is 15.3 Å². The van der Waals surface area contributed by atoms with Gasteiger partial charge in [0.15, 0.2) is 0 Å². The van der Waals surface area contributed by atoms with Gasteiger partial charge in [0.1, 0.15) is 11.5 Å². The van der Waals surface area contributed by atoms with Gasteiger partial charge in [-0.25, -0.2) is 0 Å². The van der Waals surface area contributed by atoms with Crippen molar-refractivity contribution in [1.29, 1.82) is 5.41 Å². The second kappa shape index (κ2) is 5.39. The number of phenolic OH excluding ortho intramolecular Hbond substituents is 1. The van der Waals surface area contributed by atoms with Crippen molar-refractivity contribution in [2.45, 2.75) is 26.2 Å². The Labute approximate surface area is 90.2 Å². The lowest BCUT2D eigenvalue weighted by Crippen LogP contribution is -1.93. The lowest BCUT2D eigenvalue weighted by Gasteiger charge is -2.09. The predicted molar refractivity (Wildman–Crippen MR) is 61.2 cm³/mol. The van der Waals surface area contributed by atoms with E-state index in [4.69, 9.17) is 10.1 Å². The zero-order chi connectivity index (χ0) is 11.3. The summed E-state index contributed by atoms with van der Waals surface area (Å²) in [7, 11) is 1.59. The summed E-state index contributed by atoms with van der Waals surface area (Å²) in [6.07, 6.45) is 4.07. The highest BCUT2D eigenvalue weighted by Gasteiger charge is 2.08. The van der Waals surface area contributed by atoms with Crippen molar-refractivity contribution >= 4 is 6.21 Å². The van der Waals surface area contributed by atoms with Crippen molar-refractivity contribution < 1.29 is 9.84 Å². The quantitative estimate of drug-likeness (QED) is 0.729. The van der Waals surface area contributed by atoms with Gasteiger partial charge in [0.25, 0.3) is 0 Å². The van der Waals surface area contributed by atoms with E-state index in [9.17, 15) is 5.11 Å². The Balaban J connectivity index is 3.06. The maximum atomic E-state index is 9.83. The standard InChI is InChI=1S/C12H17NO2/c1-3-4-5-9-6-11(15-2)7-10(8-13)12(9)14/h6-8,13-14H,3-5H2,1-2H3. The largest absolute Gasteiger partial charge is 0.507 e. The van der Waals surface area contributed by atoms with Gasteiger partial charge in [0, 0.05) is 11.8 Å². The van der Waals surface area contributed by atoms with Gasteiger partial charge >= 0.3 is 0 Å². The van der Waals surface area contributed by atoms with Crippen LogP contribution in [0.15, 0.2) is 12.1 Å². The zero-order valence-corrected chi connectivity index (χ0v) is 9.21. The van der Waals surface area contributed by atoms with Crippen molar-refractivity contribution in [3.8, 4) is 11.5 Å². The third kappa shape index (κ3) is 2.72. The van der Waals surface area contributed by atoms with Crippen molar-refractivity contribution in [3.05, 3.63) is 23.3 Å². The molecule has 0 saturated heterocycles. The van der Waals surface area contributed by atoms with Crippen LogP contribution in [-0.4, -0.2) is 18.4 Å². The average Bonchev–Trinajstić information content (AvgIpc) is 2.27. The van der Waals surface area contributed by atoms with Crippen LogP contribution in [0.3, 0.4) is 0 Å². The monoisotopic (exact) mass is 207 g/mol. The molecule has 1 aromatic carbocycles. The van der Waals surface area contributed by atoms with E-state index < -0.39 is 0 Å². The van der Waals surface area contributed by atoms with E-state index in [-0.39, 0.29) is 5.75 Å². The van der Waals surface area contributed by atoms with Gasteiger partial charge in [0.2, 0.25) is 0 Å². The van der Waals surface area contributed by atoms with Crippen molar-refractivity contribution in [3.63, 3.8) is 0 Å². The molecule has 1 aromatic rings. The first-order chi connectivity index (χ1) is 7.22. The number of phenols is 1. The molecule has 3 nitrogen and oxygen atoms in total. The number of hydrogen-bond donors (Lipinski definition) is 2. The van der Waals surface area contributed by atoms with E-state index in [0.717, 1.165) is 31.0 Å². The fourth-order valence-corrected chi connectivity index (χ4v) is 1.47. The lowest BCUT2D eigenvalue weighted by atomic mass is 10.0. The second-order valence-corrected chi connectivity index (χ2v) is 3.47. The molecular weight excluding hydrogens is 190 g/mol. The summed E-state index contributed by atoms with van der Waals surface area (Å²) in [5.74, 6) is 0.900. The summed E-state index contributed by atoms with van der Waals surface area (Å²) in [6.45, 7) is 2.11. The Morgan fingerprint density at radius 2 is 2.20 bits per heavy atom. The Hall–Kier alpha value is -1.51. The van der Waals surface area contributed by atoms with Gasteiger partial charge in [-0.3, -0.25) is 0 Å². The first kappa shape index (κ1) is 11.6. The van der Waals surface area contributed by atoms with E-state index in [1.807, 2.05) is 6.07 Å². The molecular formula is C12H17NO2. The molecule has 0 atom stereocenters. The molecule has 0 bridgehead atoms. The molecule has 2 N–H and O–H groups in total. The van der Waals surface area contributed by atoms with Crippen LogP contribution in [0.1, 0.15) is 30.9 Å². The average molecular weight is 207 g/mol. The number of methoxy groups -OCH3 is 1. The van der Waals surface area contributed by atoms with Crippen molar-refractivity contribution in [1.82, 2.24) is 0 Å². The molecule has 0 fully saturated rings. The Kier molecular flexibility index (Phi) is 4.16. The number of rotatable bonds is 5. The molecule has 0 unspecified atom stereocenters. The fraction of sp³-hybridized carbons (Fsp3) is 0.417. The van der Waals surface area contributed by atoms with E-state index in [0.29, 0.717) is 11.3 Å². The SMILES string of the molecule is CCCCc1cc(OC)cc(C=N)c1O. The van der Waals surface area contributed by atoms with Crippen LogP contribution in [0, 0.1) is 5.41 Å². The predicted octanol–water partition coefficient (Wildman–Crippen LogP) is 2.74. The zero-order valence-electron chi connectivity index (χ0n) is 9.21. The van der Waals surface area contributed by atoms with E-state index in [1.54, 1.807) is 13.2 Å². The number of unbranched alkanes of at least 4 members (excludes halogenated alkanes) is 1. The Bertz CT molecular complexity index is 348. The molecule has 0 heterocycles. The van der Waals surface area contributed by atoms with Crippen LogP contribution in [0.5, 0.6) is 11.5 Å². The molecule has 15 heavy (non-hydrogen) atoms. The van der Waals surface area contributed by atoms with Gasteiger partial charge in [-0.05, 0) is 30.5 Å². The number of aromatic hydroxyl groups is 1. The molecule has 1 rings (SSSR count). The molecule has 3 heteroatoms. The third-order valence-corrected chi connectivity index (χ3v) is 2.38. The molecule has 0 aliphatic carbocycles. The number of aryl methyl sites for hydroxylation is 1. The van der Waals surface area contributed by atoms with E-state index in [1.165, 1.54) is 0 Å². The van der Waals surface area contributed by atoms with Gasteiger partial charge in [-0.2, -0.15) is 0 Å². The molecule has 0 aliphatic heterocycles. The molecule has 0 amide bonds. The maximum Gasteiger partial charge on any atom is 0.127 e. The third-order valence-electron chi connectivity index (χ3n) is 2.38.